The van der Waals surface area contributed by atoms with Gasteiger partial charge < -0.3 is 9.15 Å². The molecule has 0 saturated carbocycles. The first-order chi connectivity index (χ1) is 8.52. The van der Waals surface area contributed by atoms with Gasteiger partial charge in [-0.05, 0) is 19.1 Å². The second-order valence-electron chi connectivity index (χ2n) is 3.62. The predicted molar refractivity (Wildman–Crippen MR) is 60.3 cm³/mol. The third-order valence-electron chi connectivity index (χ3n) is 2.40. The molecular formula is C13H11F3O2. The summed E-state index contributed by atoms with van der Waals surface area (Å²) in [5, 5.41) is 0. The second kappa shape index (κ2) is 4.76. The Morgan fingerprint density at radius 2 is 1.78 bits per heavy atom. The fourth-order valence-electron chi connectivity index (χ4n) is 1.59. The Labute approximate surface area is 102 Å². The molecule has 0 aliphatic carbocycles. The highest BCUT2D eigenvalue weighted by Gasteiger charge is 2.30. The fraction of sp³-hybridized carbons (Fsp3) is 0.231. The lowest BCUT2D eigenvalue weighted by Crippen LogP contribution is -2.04. The van der Waals surface area contributed by atoms with Crippen molar-refractivity contribution in [1.29, 1.82) is 0 Å². The van der Waals surface area contributed by atoms with Crippen LogP contribution in [0.25, 0.3) is 11.3 Å². The van der Waals surface area contributed by atoms with Gasteiger partial charge in [0, 0.05) is 11.6 Å². The molecule has 2 nitrogen and oxygen atoms in total. The van der Waals surface area contributed by atoms with Crippen LogP contribution in [0.5, 0.6) is 5.75 Å². The first kappa shape index (κ1) is 12.5. The molecule has 0 radical (unpaired) electrons. The minimum atomic E-state index is -4.33. The van der Waals surface area contributed by atoms with Crippen LogP contribution in [0.3, 0.4) is 0 Å². The first-order valence-electron chi connectivity index (χ1n) is 5.40. The standard InChI is InChI=1S/C13H11F3O2/c1-2-17-11-7-8-18-12(11)9-3-5-10(6-4-9)13(14,15)16/h3-8H,2H2,1H3. The van der Waals surface area contributed by atoms with Crippen molar-refractivity contribution in [3.63, 3.8) is 0 Å². The molecule has 0 bridgehead atoms. The van der Waals surface area contributed by atoms with E-state index < -0.39 is 11.7 Å². The quantitative estimate of drug-likeness (QED) is 0.813. The van der Waals surface area contributed by atoms with E-state index in [1.54, 1.807) is 6.07 Å². The minimum Gasteiger partial charge on any atom is -0.490 e. The fourth-order valence-corrected chi connectivity index (χ4v) is 1.59. The van der Waals surface area contributed by atoms with E-state index in [0.717, 1.165) is 12.1 Å². The molecule has 0 saturated heterocycles. The van der Waals surface area contributed by atoms with Crippen LogP contribution >= 0.6 is 0 Å². The average molecular weight is 256 g/mol. The lowest BCUT2D eigenvalue weighted by Gasteiger charge is -2.07. The van der Waals surface area contributed by atoms with Crippen LogP contribution in [0.4, 0.5) is 13.2 Å². The largest absolute Gasteiger partial charge is 0.490 e. The molecule has 1 heterocycles. The Morgan fingerprint density at radius 3 is 2.33 bits per heavy atom. The highest BCUT2D eigenvalue weighted by atomic mass is 19.4. The zero-order valence-corrected chi connectivity index (χ0v) is 9.62. The van der Waals surface area contributed by atoms with Crippen molar-refractivity contribution in [3.05, 3.63) is 42.2 Å². The summed E-state index contributed by atoms with van der Waals surface area (Å²) in [4.78, 5) is 0. The molecule has 0 aliphatic heterocycles. The topological polar surface area (TPSA) is 22.4 Å². The third-order valence-corrected chi connectivity index (χ3v) is 2.40. The highest BCUT2D eigenvalue weighted by Crippen LogP contribution is 2.34. The molecule has 0 aliphatic rings. The van der Waals surface area contributed by atoms with Crippen molar-refractivity contribution in [2.45, 2.75) is 13.1 Å². The summed E-state index contributed by atoms with van der Waals surface area (Å²) in [6.07, 6.45) is -2.89. The molecule has 5 heteroatoms. The van der Waals surface area contributed by atoms with Crippen molar-refractivity contribution in [1.82, 2.24) is 0 Å². The summed E-state index contributed by atoms with van der Waals surface area (Å²) in [5.41, 5.74) is -0.132. The Kier molecular flexibility index (Phi) is 3.32. The Balaban J connectivity index is 2.32. The molecule has 0 atom stereocenters. The molecule has 18 heavy (non-hydrogen) atoms. The van der Waals surface area contributed by atoms with Gasteiger partial charge in [0.05, 0.1) is 18.4 Å². The van der Waals surface area contributed by atoms with Gasteiger partial charge in [-0.1, -0.05) is 12.1 Å². The monoisotopic (exact) mass is 256 g/mol. The number of halogens is 3. The van der Waals surface area contributed by atoms with Crippen molar-refractivity contribution in [2.24, 2.45) is 0 Å². The van der Waals surface area contributed by atoms with E-state index in [4.69, 9.17) is 9.15 Å². The predicted octanol–water partition coefficient (Wildman–Crippen LogP) is 4.36. The van der Waals surface area contributed by atoms with Crippen molar-refractivity contribution < 1.29 is 22.3 Å². The molecule has 0 spiro atoms. The number of benzene rings is 1. The van der Waals surface area contributed by atoms with E-state index in [1.807, 2.05) is 6.92 Å². The lowest BCUT2D eigenvalue weighted by atomic mass is 10.1. The molecule has 0 amide bonds. The van der Waals surface area contributed by atoms with E-state index in [1.165, 1.54) is 18.4 Å². The van der Waals surface area contributed by atoms with Crippen LogP contribution in [-0.4, -0.2) is 6.61 Å². The van der Waals surface area contributed by atoms with Crippen molar-refractivity contribution in [2.75, 3.05) is 6.61 Å². The first-order valence-corrected chi connectivity index (χ1v) is 5.40. The van der Waals surface area contributed by atoms with E-state index in [-0.39, 0.29) is 0 Å². The van der Waals surface area contributed by atoms with Crippen LogP contribution in [0.15, 0.2) is 41.0 Å². The Hall–Kier alpha value is -1.91. The summed E-state index contributed by atoms with van der Waals surface area (Å²) >= 11 is 0. The maximum absolute atomic E-state index is 12.4. The van der Waals surface area contributed by atoms with Gasteiger partial charge >= 0.3 is 6.18 Å². The van der Waals surface area contributed by atoms with Crippen LogP contribution in [0, 0.1) is 0 Å². The van der Waals surface area contributed by atoms with Gasteiger partial charge in [-0.15, -0.1) is 0 Å². The summed E-state index contributed by atoms with van der Waals surface area (Å²) in [6.45, 7) is 2.29. The molecule has 1 aromatic carbocycles. The van der Waals surface area contributed by atoms with Crippen molar-refractivity contribution in [3.8, 4) is 17.1 Å². The molecule has 0 unspecified atom stereocenters. The van der Waals surface area contributed by atoms with Gasteiger partial charge in [-0.25, -0.2) is 0 Å². The smallest absolute Gasteiger partial charge is 0.416 e. The zero-order valence-electron chi connectivity index (χ0n) is 9.62. The van der Waals surface area contributed by atoms with E-state index >= 15 is 0 Å². The molecule has 0 fully saturated rings. The molecule has 1 aromatic heterocycles. The summed E-state index contributed by atoms with van der Waals surface area (Å²) in [7, 11) is 0. The van der Waals surface area contributed by atoms with E-state index in [2.05, 4.69) is 0 Å². The average Bonchev–Trinajstić information content (AvgIpc) is 2.77. The normalized spacial score (nSPS) is 11.6. The summed E-state index contributed by atoms with van der Waals surface area (Å²) in [5.74, 6) is 0.961. The van der Waals surface area contributed by atoms with Crippen LogP contribution in [-0.2, 0) is 6.18 Å². The number of ether oxygens (including phenoxy) is 1. The maximum Gasteiger partial charge on any atom is 0.416 e. The number of alkyl halides is 3. The lowest BCUT2D eigenvalue weighted by molar-refractivity contribution is -0.137. The molecular weight excluding hydrogens is 245 g/mol. The van der Waals surface area contributed by atoms with Gasteiger partial charge in [0.2, 0.25) is 0 Å². The third kappa shape index (κ3) is 2.50. The second-order valence-corrected chi connectivity index (χ2v) is 3.62. The van der Waals surface area contributed by atoms with Gasteiger partial charge in [0.15, 0.2) is 11.5 Å². The van der Waals surface area contributed by atoms with Gasteiger partial charge in [-0.3, -0.25) is 0 Å². The number of hydrogen-bond donors (Lipinski definition) is 0. The number of furan rings is 1. The molecule has 2 aromatic rings. The van der Waals surface area contributed by atoms with Crippen LogP contribution in [0.1, 0.15) is 12.5 Å². The maximum atomic E-state index is 12.4. The summed E-state index contributed by atoms with van der Waals surface area (Å²) in [6, 6.07) is 6.41. The Morgan fingerprint density at radius 1 is 1.11 bits per heavy atom. The van der Waals surface area contributed by atoms with E-state index in [9.17, 15) is 13.2 Å². The van der Waals surface area contributed by atoms with Crippen molar-refractivity contribution >= 4 is 0 Å². The minimum absolute atomic E-state index is 0.436. The molecule has 2 rings (SSSR count). The molecule has 96 valence electrons. The van der Waals surface area contributed by atoms with Gasteiger partial charge in [0.1, 0.15) is 0 Å². The zero-order chi connectivity index (χ0) is 13.2. The van der Waals surface area contributed by atoms with Gasteiger partial charge in [0.25, 0.3) is 0 Å². The molecule has 0 N–H and O–H groups in total. The summed E-state index contributed by atoms with van der Waals surface area (Å²) < 4.78 is 47.8. The number of rotatable bonds is 3. The van der Waals surface area contributed by atoms with Crippen LogP contribution in [0.2, 0.25) is 0 Å². The highest BCUT2D eigenvalue weighted by molar-refractivity contribution is 5.64. The van der Waals surface area contributed by atoms with Gasteiger partial charge in [-0.2, -0.15) is 13.2 Å². The Bertz CT molecular complexity index is 512. The SMILES string of the molecule is CCOc1ccoc1-c1ccc(C(F)(F)F)cc1. The van der Waals surface area contributed by atoms with Crippen LogP contribution < -0.4 is 4.74 Å². The van der Waals surface area contributed by atoms with E-state index in [0.29, 0.717) is 23.7 Å². The number of hydrogen-bond acceptors (Lipinski definition) is 2.